The molecule has 6 heteroatoms. The van der Waals surface area contributed by atoms with Crippen LogP contribution in [0, 0.1) is 5.92 Å². The second-order valence-corrected chi connectivity index (χ2v) is 7.67. The second kappa shape index (κ2) is 8.44. The van der Waals surface area contributed by atoms with Gasteiger partial charge in [0.15, 0.2) is 0 Å². The number of carbonyl (C=O) groups excluding carboxylic acids is 2. The minimum absolute atomic E-state index is 0.0889. The summed E-state index contributed by atoms with van der Waals surface area (Å²) in [7, 11) is 0. The van der Waals surface area contributed by atoms with Gasteiger partial charge in [-0.1, -0.05) is 50.2 Å². The second-order valence-electron chi connectivity index (χ2n) is 7.67. The minimum atomic E-state index is -0.470. The van der Waals surface area contributed by atoms with E-state index in [9.17, 15) is 14.7 Å². The minimum Gasteiger partial charge on any atom is -0.394 e. The summed E-state index contributed by atoms with van der Waals surface area (Å²) < 4.78 is 0. The van der Waals surface area contributed by atoms with Crippen LogP contribution in [0.5, 0.6) is 0 Å². The molecule has 2 aromatic carbocycles. The maximum atomic E-state index is 12.5. The van der Waals surface area contributed by atoms with Gasteiger partial charge >= 0.3 is 6.03 Å². The SMILES string of the molecule is CC(C)CC(CO)NC(=O)c1ccc(C2c3ccccc3CN2C(N)=O)cc1. The van der Waals surface area contributed by atoms with Crippen molar-refractivity contribution < 1.29 is 14.7 Å². The van der Waals surface area contributed by atoms with Gasteiger partial charge in [0.05, 0.1) is 18.7 Å². The Kier molecular flexibility index (Phi) is 5.99. The lowest BCUT2D eigenvalue weighted by atomic mass is 9.97. The summed E-state index contributed by atoms with van der Waals surface area (Å²) >= 11 is 0. The molecule has 3 amide bonds. The largest absolute Gasteiger partial charge is 0.394 e. The summed E-state index contributed by atoms with van der Waals surface area (Å²) in [5.41, 5.74) is 9.14. The number of hydrogen-bond acceptors (Lipinski definition) is 3. The highest BCUT2D eigenvalue weighted by Crippen LogP contribution is 2.38. The lowest BCUT2D eigenvalue weighted by Crippen LogP contribution is -2.38. The van der Waals surface area contributed by atoms with Gasteiger partial charge in [-0.05, 0) is 41.2 Å². The first-order chi connectivity index (χ1) is 13.4. The molecule has 0 bridgehead atoms. The van der Waals surface area contributed by atoms with Gasteiger partial charge < -0.3 is 21.1 Å². The van der Waals surface area contributed by atoms with Crippen LogP contribution in [-0.4, -0.2) is 34.6 Å². The van der Waals surface area contributed by atoms with Crippen molar-refractivity contribution in [2.24, 2.45) is 11.7 Å². The number of hydrogen-bond donors (Lipinski definition) is 3. The molecule has 148 valence electrons. The van der Waals surface area contributed by atoms with E-state index in [2.05, 4.69) is 5.32 Å². The zero-order valence-electron chi connectivity index (χ0n) is 16.3. The molecule has 1 aliphatic rings. The van der Waals surface area contributed by atoms with Crippen LogP contribution in [0.2, 0.25) is 0 Å². The lowest BCUT2D eigenvalue weighted by Gasteiger charge is -2.24. The van der Waals surface area contributed by atoms with E-state index >= 15 is 0 Å². The van der Waals surface area contributed by atoms with E-state index in [1.54, 1.807) is 17.0 Å². The maximum Gasteiger partial charge on any atom is 0.315 e. The molecule has 4 N–H and O–H groups in total. The van der Waals surface area contributed by atoms with Gasteiger partial charge in [0.2, 0.25) is 0 Å². The zero-order chi connectivity index (χ0) is 20.3. The lowest BCUT2D eigenvalue weighted by molar-refractivity contribution is 0.0908. The number of aliphatic hydroxyl groups is 1. The van der Waals surface area contributed by atoms with E-state index in [0.717, 1.165) is 16.7 Å². The molecule has 0 saturated carbocycles. The van der Waals surface area contributed by atoms with Crippen LogP contribution in [0.15, 0.2) is 48.5 Å². The third-order valence-corrected chi connectivity index (χ3v) is 5.09. The fourth-order valence-corrected chi connectivity index (χ4v) is 3.79. The standard InChI is InChI=1S/C22H27N3O3/c1-14(2)11-18(13-26)24-21(27)16-9-7-15(8-10-16)20-19-6-4-3-5-17(19)12-25(20)22(23)28/h3-10,14,18,20,26H,11-13H2,1-2H3,(H2,23,28)(H,24,27). The Balaban J connectivity index is 1.80. The number of rotatable bonds is 6. The number of urea groups is 1. The van der Waals surface area contributed by atoms with E-state index in [4.69, 9.17) is 5.73 Å². The van der Waals surface area contributed by atoms with Crippen molar-refractivity contribution in [2.75, 3.05) is 6.61 Å². The monoisotopic (exact) mass is 381 g/mol. The molecule has 2 aromatic rings. The average Bonchev–Trinajstić information content (AvgIpc) is 3.07. The molecule has 3 rings (SSSR count). The molecule has 0 saturated heterocycles. The molecule has 0 radical (unpaired) electrons. The highest BCUT2D eigenvalue weighted by Gasteiger charge is 2.33. The first kappa shape index (κ1) is 19.9. The number of benzene rings is 2. The molecule has 0 aliphatic carbocycles. The molecule has 0 aromatic heterocycles. The molecule has 6 nitrogen and oxygen atoms in total. The van der Waals surface area contributed by atoms with Crippen molar-refractivity contribution in [3.63, 3.8) is 0 Å². The fourth-order valence-electron chi connectivity index (χ4n) is 3.79. The number of aliphatic hydroxyl groups excluding tert-OH is 1. The summed E-state index contributed by atoms with van der Waals surface area (Å²) in [5.74, 6) is 0.159. The van der Waals surface area contributed by atoms with Crippen LogP contribution in [0.25, 0.3) is 0 Å². The predicted octanol–water partition coefficient (Wildman–Crippen LogP) is 2.81. The van der Waals surface area contributed by atoms with Crippen LogP contribution in [-0.2, 0) is 6.54 Å². The fraction of sp³-hybridized carbons (Fsp3) is 0.364. The Morgan fingerprint density at radius 2 is 1.86 bits per heavy atom. The van der Waals surface area contributed by atoms with Gasteiger partial charge in [-0.15, -0.1) is 0 Å². The van der Waals surface area contributed by atoms with Gasteiger partial charge in [0.25, 0.3) is 5.91 Å². The van der Waals surface area contributed by atoms with Crippen LogP contribution in [0.4, 0.5) is 4.79 Å². The summed E-state index contributed by atoms with van der Waals surface area (Å²) in [4.78, 5) is 26.1. The third-order valence-electron chi connectivity index (χ3n) is 5.09. The summed E-state index contributed by atoms with van der Waals surface area (Å²) in [6.45, 7) is 4.49. The number of fused-ring (bicyclic) bond motifs is 1. The molecule has 0 spiro atoms. The predicted molar refractivity (Wildman–Crippen MR) is 108 cm³/mol. The first-order valence-corrected chi connectivity index (χ1v) is 9.56. The smallest absolute Gasteiger partial charge is 0.315 e. The summed E-state index contributed by atoms with van der Waals surface area (Å²) in [6.07, 6.45) is 0.715. The van der Waals surface area contributed by atoms with E-state index in [1.165, 1.54) is 0 Å². The summed E-state index contributed by atoms with van der Waals surface area (Å²) in [6, 6.07) is 14.1. The number of primary amides is 1. The van der Waals surface area contributed by atoms with Crippen LogP contribution < -0.4 is 11.1 Å². The highest BCUT2D eigenvalue weighted by atomic mass is 16.3. The van der Waals surface area contributed by atoms with Gasteiger partial charge in [0.1, 0.15) is 0 Å². The molecular formula is C22H27N3O3. The van der Waals surface area contributed by atoms with Gasteiger partial charge in [-0.2, -0.15) is 0 Å². The van der Waals surface area contributed by atoms with Gasteiger partial charge in [0, 0.05) is 12.1 Å². The van der Waals surface area contributed by atoms with Crippen molar-refractivity contribution in [1.29, 1.82) is 0 Å². The highest BCUT2D eigenvalue weighted by molar-refractivity contribution is 5.94. The number of nitrogens with two attached hydrogens (primary N) is 1. The molecule has 2 atom stereocenters. The number of nitrogens with one attached hydrogen (secondary N) is 1. The Hall–Kier alpha value is -2.86. The van der Waals surface area contributed by atoms with Crippen LogP contribution in [0.3, 0.4) is 0 Å². The Labute approximate surface area is 165 Å². The molecule has 1 heterocycles. The van der Waals surface area contributed by atoms with Crippen molar-refractivity contribution in [2.45, 2.75) is 38.9 Å². The topological polar surface area (TPSA) is 95.7 Å². The van der Waals surface area contributed by atoms with E-state index < -0.39 is 6.03 Å². The molecule has 2 unspecified atom stereocenters. The maximum absolute atomic E-state index is 12.5. The van der Waals surface area contributed by atoms with E-state index in [0.29, 0.717) is 24.4 Å². The van der Waals surface area contributed by atoms with Crippen LogP contribution in [0.1, 0.15) is 53.4 Å². The van der Waals surface area contributed by atoms with Crippen molar-refractivity contribution >= 4 is 11.9 Å². The molecule has 0 fully saturated rings. The van der Waals surface area contributed by atoms with Crippen molar-refractivity contribution in [3.8, 4) is 0 Å². The van der Waals surface area contributed by atoms with E-state index in [1.807, 2.05) is 50.2 Å². The molecule has 28 heavy (non-hydrogen) atoms. The molecule has 1 aliphatic heterocycles. The van der Waals surface area contributed by atoms with Crippen molar-refractivity contribution in [3.05, 3.63) is 70.8 Å². The van der Waals surface area contributed by atoms with Crippen LogP contribution >= 0.6 is 0 Å². The Bertz CT molecular complexity index is 848. The number of amides is 3. The third kappa shape index (κ3) is 4.17. The summed E-state index contributed by atoms with van der Waals surface area (Å²) in [5, 5.41) is 12.3. The first-order valence-electron chi connectivity index (χ1n) is 9.56. The number of nitrogens with zero attached hydrogens (tertiary/aromatic N) is 1. The number of carbonyl (C=O) groups is 2. The Morgan fingerprint density at radius 1 is 1.18 bits per heavy atom. The average molecular weight is 381 g/mol. The van der Waals surface area contributed by atoms with E-state index in [-0.39, 0.29) is 24.6 Å². The zero-order valence-corrected chi connectivity index (χ0v) is 16.3. The molecular weight excluding hydrogens is 354 g/mol. The quantitative estimate of drug-likeness (QED) is 0.718. The van der Waals surface area contributed by atoms with Gasteiger partial charge in [-0.3, -0.25) is 4.79 Å². The van der Waals surface area contributed by atoms with Crippen molar-refractivity contribution in [1.82, 2.24) is 10.2 Å². The normalized spacial score (nSPS) is 16.7. The Morgan fingerprint density at radius 3 is 2.46 bits per heavy atom. The van der Waals surface area contributed by atoms with Gasteiger partial charge in [-0.25, -0.2) is 4.79 Å².